The molecule has 2 atom stereocenters. The molecule has 2 unspecified atom stereocenters. The van der Waals surface area contributed by atoms with E-state index in [1.54, 1.807) is 6.92 Å². The number of hydrogen-bond donors (Lipinski definition) is 0. The summed E-state index contributed by atoms with van der Waals surface area (Å²) in [5, 5.41) is 0.836. The van der Waals surface area contributed by atoms with Crippen molar-refractivity contribution in [1.29, 1.82) is 0 Å². The molecule has 0 bridgehead atoms. The smallest absolute Gasteiger partial charge is 0.130 e. The summed E-state index contributed by atoms with van der Waals surface area (Å²) in [5.41, 5.74) is 0. The quantitative estimate of drug-likeness (QED) is 0.693. The first-order valence-corrected chi connectivity index (χ1v) is 6.34. The largest absolute Gasteiger partial charge is 0.300 e. The van der Waals surface area contributed by atoms with Gasteiger partial charge in [-0.2, -0.15) is 11.8 Å². The minimum atomic E-state index is 0.330. The fourth-order valence-corrected chi connectivity index (χ4v) is 3.44. The van der Waals surface area contributed by atoms with E-state index >= 15 is 0 Å². The molecule has 0 heterocycles. The van der Waals surface area contributed by atoms with Gasteiger partial charge in [-0.15, -0.1) is 0 Å². The van der Waals surface area contributed by atoms with E-state index in [1.165, 1.54) is 25.7 Å². The molecule has 2 heteroatoms. The molecule has 1 aliphatic carbocycles. The Morgan fingerprint density at radius 2 is 2.23 bits per heavy atom. The van der Waals surface area contributed by atoms with Crippen molar-refractivity contribution < 1.29 is 4.79 Å². The molecule has 0 aromatic carbocycles. The summed E-state index contributed by atoms with van der Waals surface area (Å²) in [6.45, 7) is 4.03. The van der Waals surface area contributed by atoms with Crippen LogP contribution in [0.15, 0.2) is 0 Å². The molecule has 0 radical (unpaired) electrons. The predicted octanol–water partition coefficient (Wildman–Crippen LogP) is 3.28. The molecular formula is C11H20OS. The van der Waals surface area contributed by atoms with Crippen molar-refractivity contribution in [2.24, 2.45) is 5.92 Å². The topological polar surface area (TPSA) is 17.1 Å². The summed E-state index contributed by atoms with van der Waals surface area (Å²) in [6.07, 6.45) is 6.29. The van der Waals surface area contributed by atoms with E-state index in [4.69, 9.17) is 0 Å². The zero-order valence-corrected chi connectivity index (χ0v) is 9.53. The molecule has 0 N–H and O–H groups in total. The lowest BCUT2D eigenvalue weighted by Crippen LogP contribution is -2.15. The monoisotopic (exact) mass is 200 g/mol. The lowest BCUT2D eigenvalue weighted by atomic mass is 9.91. The van der Waals surface area contributed by atoms with Gasteiger partial charge in [0.05, 0.1) is 0 Å². The fourth-order valence-electron chi connectivity index (χ4n) is 1.90. The molecule has 0 saturated heterocycles. The Hall–Kier alpha value is 0.0200. The molecule has 0 aromatic rings. The Morgan fingerprint density at radius 3 is 2.85 bits per heavy atom. The van der Waals surface area contributed by atoms with Crippen LogP contribution in [0.5, 0.6) is 0 Å². The molecule has 76 valence electrons. The molecule has 1 fully saturated rings. The third kappa shape index (κ3) is 4.70. The molecule has 13 heavy (non-hydrogen) atoms. The van der Waals surface area contributed by atoms with Gasteiger partial charge >= 0.3 is 0 Å². The van der Waals surface area contributed by atoms with E-state index in [-0.39, 0.29) is 0 Å². The third-order valence-electron chi connectivity index (χ3n) is 2.70. The van der Waals surface area contributed by atoms with E-state index in [0.29, 0.717) is 5.78 Å². The number of carbonyl (C=O) groups is 1. The van der Waals surface area contributed by atoms with E-state index in [2.05, 4.69) is 6.92 Å². The summed E-state index contributed by atoms with van der Waals surface area (Å²) < 4.78 is 0. The fraction of sp³-hybridized carbons (Fsp3) is 0.909. The van der Waals surface area contributed by atoms with Crippen molar-refractivity contribution >= 4 is 17.5 Å². The van der Waals surface area contributed by atoms with Crippen LogP contribution in [0.1, 0.15) is 46.0 Å². The van der Waals surface area contributed by atoms with Gasteiger partial charge in [0.1, 0.15) is 5.78 Å². The van der Waals surface area contributed by atoms with Crippen LogP contribution < -0.4 is 0 Å². The Kier molecular flexibility index (Phi) is 4.86. The average Bonchev–Trinajstić information content (AvgIpc) is 2.03. The molecule has 0 spiro atoms. The summed E-state index contributed by atoms with van der Waals surface area (Å²) in [5.74, 6) is 2.27. The highest BCUT2D eigenvalue weighted by atomic mass is 32.2. The molecule has 0 amide bonds. The second kappa shape index (κ2) is 5.69. The Balaban J connectivity index is 2.10. The standard InChI is InChI=1S/C11H20OS/c1-9-4-3-5-11(8-9)13-7-6-10(2)12/h9,11H,3-8H2,1-2H3. The molecular weight excluding hydrogens is 180 g/mol. The molecule has 1 saturated carbocycles. The maximum Gasteiger partial charge on any atom is 0.130 e. The van der Waals surface area contributed by atoms with Crippen molar-refractivity contribution in [2.75, 3.05) is 5.75 Å². The van der Waals surface area contributed by atoms with Crippen LogP contribution in [0, 0.1) is 5.92 Å². The van der Waals surface area contributed by atoms with Crippen molar-refractivity contribution in [1.82, 2.24) is 0 Å². The summed E-state index contributed by atoms with van der Waals surface area (Å²) in [4.78, 5) is 10.7. The minimum absolute atomic E-state index is 0.330. The Morgan fingerprint density at radius 1 is 1.46 bits per heavy atom. The van der Waals surface area contributed by atoms with Crippen LogP contribution in [-0.4, -0.2) is 16.8 Å². The minimum Gasteiger partial charge on any atom is -0.300 e. The van der Waals surface area contributed by atoms with Crippen LogP contribution in [0.25, 0.3) is 0 Å². The third-order valence-corrected chi connectivity index (χ3v) is 4.04. The zero-order valence-electron chi connectivity index (χ0n) is 8.71. The van der Waals surface area contributed by atoms with Crippen LogP contribution in [0.3, 0.4) is 0 Å². The maximum absolute atomic E-state index is 10.7. The van der Waals surface area contributed by atoms with E-state index in [0.717, 1.165) is 23.3 Å². The van der Waals surface area contributed by atoms with Gasteiger partial charge in [0.2, 0.25) is 0 Å². The van der Waals surface area contributed by atoms with E-state index in [1.807, 2.05) is 11.8 Å². The molecule has 1 rings (SSSR count). The van der Waals surface area contributed by atoms with Gasteiger partial charge < -0.3 is 0 Å². The lowest BCUT2D eigenvalue weighted by Gasteiger charge is -2.25. The van der Waals surface area contributed by atoms with Gasteiger partial charge in [0.25, 0.3) is 0 Å². The van der Waals surface area contributed by atoms with Gasteiger partial charge in [0, 0.05) is 17.4 Å². The number of rotatable bonds is 4. The van der Waals surface area contributed by atoms with Crippen LogP contribution in [0.2, 0.25) is 0 Å². The average molecular weight is 200 g/mol. The van der Waals surface area contributed by atoms with Crippen molar-refractivity contribution in [3.05, 3.63) is 0 Å². The molecule has 0 aromatic heterocycles. The number of hydrogen-bond acceptors (Lipinski definition) is 2. The SMILES string of the molecule is CC(=O)CCSC1CCCC(C)C1. The first kappa shape index (κ1) is 11.1. The maximum atomic E-state index is 10.7. The normalized spacial score (nSPS) is 28.8. The van der Waals surface area contributed by atoms with Crippen molar-refractivity contribution in [3.8, 4) is 0 Å². The summed E-state index contributed by atoms with van der Waals surface area (Å²) in [6, 6.07) is 0. The molecule has 1 nitrogen and oxygen atoms in total. The Bertz CT molecular complexity index is 167. The summed E-state index contributed by atoms with van der Waals surface area (Å²) in [7, 11) is 0. The van der Waals surface area contributed by atoms with E-state index in [9.17, 15) is 4.79 Å². The predicted molar refractivity (Wildman–Crippen MR) is 59.2 cm³/mol. The first-order chi connectivity index (χ1) is 6.18. The van der Waals surface area contributed by atoms with Crippen LogP contribution in [-0.2, 0) is 4.79 Å². The Labute approximate surface area is 85.7 Å². The van der Waals surface area contributed by atoms with Crippen molar-refractivity contribution in [3.63, 3.8) is 0 Å². The van der Waals surface area contributed by atoms with Gasteiger partial charge in [0.15, 0.2) is 0 Å². The van der Waals surface area contributed by atoms with Crippen LogP contribution >= 0.6 is 11.8 Å². The van der Waals surface area contributed by atoms with Gasteiger partial charge in [-0.05, 0) is 25.7 Å². The highest BCUT2D eigenvalue weighted by Crippen LogP contribution is 2.31. The second-order valence-electron chi connectivity index (χ2n) is 4.22. The van der Waals surface area contributed by atoms with Crippen LogP contribution in [0.4, 0.5) is 0 Å². The number of ketones is 1. The van der Waals surface area contributed by atoms with Gasteiger partial charge in [-0.3, -0.25) is 4.79 Å². The van der Waals surface area contributed by atoms with Crippen molar-refractivity contribution in [2.45, 2.75) is 51.2 Å². The molecule has 1 aliphatic rings. The number of Topliss-reactive ketones (excluding diaryl/α,β-unsaturated/α-hetero) is 1. The molecule has 0 aliphatic heterocycles. The summed E-state index contributed by atoms with van der Waals surface area (Å²) >= 11 is 2.01. The van der Waals surface area contributed by atoms with Gasteiger partial charge in [-0.25, -0.2) is 0 Å². The number of carbonyl (C=O) groups excluding carboxylic acids is 1. The highest BCUT2D eigenvalue weighted by molar-refractivity contribution is 7.99. The van der Waals surface area contributed by atoms with E-state index < -0.39 is 0 Å². The number of thioether (sulfide) groups is 1. The van der Waals surface area contributed by atoms with Gasteiger partial charge in [-0.1, -0.05) is 19.8 Å². The zero-order chi connectivity index (χ0) is 9.68. The second-order valence-corrected chi connectivity index (χ2v) is 5.62. The highest BCUT2D eigenvalue weighted by Gasteiger charge is 2.18. The first-order valence-electron chi connectivity index (χ1n) is 5.29. The lowest BCUT2D eigenvalue weighted by molar-refractivity contribution is -0.116.